The van der Waals surface area contributed by atoms with Crippen LogP contribution in [0.25, 0.3) is 0 Å². The molecule has 1 aromatic heterocycles. The molecule has 0 aliphatic heterocycles. The predicted molar refractivity (Wildman–Crippen MR) is 81.6 cm³/mol. The third-order valence-electron chi connectivity index (χ3n) is 2.79. The molecule has 0 fully saturated rings. The third-order valence-corrected chi connectivity index (χ3v) is 2.79. The van der Waals surface area contributed by atoms with Crippen molar-refractivity contribution >= 4 is 29.1 Å². The minimum atomic E-state index is -1.18. The average molecular weight is 329 g/mol. The number of aromatic nitrogens is 1. The number of nitro benzene ring substituents is 1. The summed E-state index contributed by atoms with van der Waals surface area (Å²) in [7, 11) is 0. The second-order valence-electron chi connectivity index (χ2n) is 4.37. The lowest BCUT2D eigenvalue weighted by Gasteiger charge is -2.08. The Hall–Kier alpha value is -3.82. The molecular formula is C14H11N5O5. The Labute approximate surface area is 135 Å². The van der Waals surface area contributed by atoms with Gasteiger partial charge in [0.15, 0.2) is 0 Å². The Morgan fingerprint density at radius 2 is 1.62 bits per heavy atom. The second kappa shape index (κ2) is 7.45. The fourth-order valence-electron chi connectivity index (χ4n) is 1.66. The van der Waals surface area contributed by atoms with Crippen LogP contribution in [0.15, 0.2) is 48.8 Å². The third kappa shape index (κ3) is 4.10. The topological polar surface area (TPSA) is 143 Å². The summed E-state index contributed by atoms with van der Waals surface area (Å²) in [6, 6.07) is 8.16. The Kier molecular flexibility index (Phi) is 5.13. The number of pyridine rings is 1. The molecule has 10 nitrogen and oxygen atoms in total. The highest BCUT2D eigenvalue weighted by molar-refractivity contribution is 6.40. The normalized spacial score (nSPS) is 9.67. The van der Waals surface area contributed by atoms with Crippen molar-refractivity contribution in [2.24, 2.45) is 0 Å². The van der Waals surface area contributed by atoms with Gasteiger partial charge in [-0.15, -0.1) is 0 Å². The maximum absolute atomic E-state index is 11.7. The lowest BCUT2D eigenvalue weighted by atomic mass is 10.2. The van der Waals surface area contributed by atoms with E-state index in [0.717, 1.165) is 0 Å². The van der Waals surface area contributed by atoms with Crippen LogP contribution in [0.5, 0.6) is 0 Å². The molecular weight excluding hydrogens is 318 g/mol. The zero-order chi connectivity index (χ0) is 17.5. The van der Waals surface area contributed by atoms with Gasteiger partial charge in [-0.1, -0.05) is 12.1 Å². The van der Waals surface area contributed by atoms with Crippen LogP contribution in [-0.2, 0) is 9.59 Å². The Balaban J connectivity index is 1.95. The number of nitro groups is 1. The molecule has 0 saturated carbocycles. The number of nitrogens with zero attached hydrogens (tertiary/aromatic N) is 2. The van der Waals surface area contributed by atoms with Gasteiger partial charge in [0.25, 0.3) is 11.6 Å². The lowest BCUT2D eigenvalue weighted by Crippen LogP contribution is -2.46. The summed E-state index contributed by atoms with van der Waals surface area (Å²) in [5.74, 6) is -3.00. The number of nitrogens with one attached hydrogen (secondary N) is 3. The van der Waals surface area contributed by atoms with Gasteiger partial charge in [0.2, 0.25) is 0 Å². The van der Waals surface area contributed by atoms with Crippen molar-refractivity contribution in [1.82, 2.24) is 15.8 Å². The van der Waals surface area contributed by atoms with Crippen molar-refractivity contribution < 1.29 is 19.3 Å². The van der Waals surface area contributed by atoms with Gasteiger partial charge >= 0.3 is 11.8 Å². The highest BCUT2D eigenvalue weighted by Crippen LogP contribution is 2.22. The molecule has 3 N–H and O–H groups in total. The number of hydrogen-bond acceptors (Lipinski definition) is 6. The molecule has 0 atom stereocenters. The first kappa shape index (κ1) is 16.5. The van der Waals surface area contributed by atoms with Crippen LogP contribution in [0.2, 0.25) is 0 Å². The van der Waals surface area contributed by atoms with Gasteiger partial charge in [0.05, 0.1) is 4.92 Å². The average Bonchev–Trinajstić information content (AvgIpc) is 2.60. The lowest BCUT2D eigenvalue weighted by molar-refractivity contribution is -0.383. The molecule has 2 rings (SSSR count). The summed E-state index contributed by atoms with van der Waals surface area (Å²) in [5, 5.41) is 12.9. The van der Waals surface area contributed by atoms with E-state index >= 15 is 0 Å². The van der Waals surface area contributed by atoms with E-state index in [-0.39, 0.29) is 16.9 Å². The minimum absolute atomic E-state index is 0.136. The molecule has 122 valence electrons. The molecule has 1 aromatic carbocycles. The largest absolute Gasteiger partial charge is 0.328 e. The fourth-order valence-corrected chi connectivity index (χ4v) is 1.66. The maximum Gasteiger partial charge on any atom is 0.328 e. The van der Waals surface area contributed by atoms with Crippen LogP contribution >= 0.6 is 0 Å². The van der Waals surface area contributed by atoms with E-state index in [1.165, 1.54) is 48.8 Å². The molecule has 0 aliphatic carbocycles. The van der Waals surface area contributed by atoms with Crippen LogP contribution in [0, 0.1) is 10.1 Å². The molecule has 0 bridgehead atoms. The predicted octanol–water partition coefficient (Wildman–Crippen LogP) is 0.389. The molecule has 0 aliphatic rings. The number of carbonyl (C=O) groups is 3. The van der Waals surface area contributed by atoms with Crippen LogP contribution in [-0.4, -0.2) is 27.6 Å². The first-order valence-electron chi connectivity index (χ1n) is 6.54. The van der Waals surface area contributed by atoms with Crippen LogP contribution < -0.4 is 16.2 Å². The molecule has 0 saturated heterocycles. The molecule has 2 aromatic rings. The van der Waals surface area contributed by atoms with Gasteiger partial charge in [-0.25, -0.2) is 0 Å². The Morgan fingerprint density at radius 1 is 0.958 bits per heavy atom. The second-order valence-corrected chi connectivity index (χ2v) is 4.37. The van der Waals surface area contributed by atoms with E-state index in [9.17, 15) is 24.5 Å². The summed E-state index contributed by atoms with van der Waals surface area (Å²) < 4.78 is 0. The Morgan fingerprint density at radius 3 is 2.29 bits per heavy atom. The van der Waals surface area contributed by atoms with Gasteiger partial charge in [0.1, 0.15) is 5.69 Å². The van der Waals surface area contributed by atoms with Gasteiger partial charge < -0.3 is 5.32 Å². The van der Waals surface area contributed by atoms with Gasteiger partial charge in [-0.3, -0.25) is 40.3 Å². The summed E-state index contributed by atoms with van der Waals surface area (Å²) in [6.07, 6.45) is 2.77. The van der Waals surface area contributed by atoms with Crippen molar-refractivity contribution in [3.8, 4) is 0 Å². The van der Waals surface area contributed by atoms with Gasteiger partial charge in [0, 0.05) is 24.0 Å². The van der Waals surface area contributed by atoms with Gasteiger partial charge in [-0.05, 0) is 18.2 Å². The van der Waals surface area contributed by atoms with Crippen molar-refractivity contribution in [2.75, 3.05) is 5.32 Å². The number of anilines is 1. The van der Waals surface area contributed by atoms with Crippen molar-refractivity contribution in [3.05, 3.63) is 64.5 Å². The molecule has 24 heavy (non-hydrogen) atoms. The summed E-state index contributed by atoms with van der Waals surface area (Å²) in [4.78, 5) is 48.9. The number of hydrazine groups is 1. The summed E-state index contributed by atoms with van der Waals surface area (Å²) in [5.41, 5.74) is 3.68. The Bertz CT molecular complexity index is 793. The van der Waals surface area contributed by atoms with E-state index in [0.29, 0.717) is 0 Å². The summed E-state index contributed by atoms with van der Waals surface area (Å²) >= 11 is 0. The minimum Gasteiger partial charge on any atom is -0.312 e. The molecule has 0 radical (unpaired) electrons. The highest BCUT2D eigenvalue weighted by Gasteiger charge is 2.20. The highest BCUT2D eigenvalue weighted by atomic mass is 16.6. The number of benzene rings is 1. The van der Waals surface area contributed by atoms with Gasteiger partial charge in [-0.2, -0.15) is 0 Å². The molecule has 0 unspecified atom stereocenters. The number of hydrogen-bond donors (Lipinski definition) is 3. The van der Waals surface area contributed by atoms with Crippen LogP contribution in [0.3, 0.4) is 0 Å². The molecule has 3 amide bonds. The quantitative estimate of drug-likeness (QED) is 0.422. The fraction of sp³-hybridized carbons (Fsp3) is 0. The van der Waals surface area contributed by atoms with E-state index in [1.807, 2.05) is 10.9 Å². The van der Waals surface area contributed by atoms with E-state index < -0.39 is 22.6 Å². The van der Waals surface area contributed by atoms with Crippen LogP contribution in [0.1, 0.15) is 10.4 Å². The molecule has 1 heterocycles. The zero-order valence-corrected chi connectivity index (χ0v) is 12.1. The monoisotopic (exact) mass is 329 g/mol. The van der Waals surface area contributed by atoms with Crippen molar-refractivity contribution in [2.45, 2.75) is 0 Å². The number of carbonyl (C=O) groups excluding carboxylic acids is 3. The smallest absolute Gasteiger partial charge is 0.312 e. The van der Waals surface area contributed by atoms with E-state index in [2.05, 4.69) is 10.3 Å². The van der Waals surface area contributed by atoms with E-state index in [4.69, 9.17) is 0 Å². The first-order valence-corrected chi connectivity index (χ1v) is 6.54. The number of amides is 3. The van der Waals surface area contributed by atoms with Crippen LogP contribution in [0.4, 0.5) is 11.4 Å². The van der Waals surface area contributed by atoms with E-state index in [1.54, 1.807) is 0 Å². The van der Waals surface area contributed by atoms with Crippen molar-refractivity contribution in [1.29, 1.82) is 0 Å². The standard InChI is InChI=1S/C14H11N5O5/c20-12(9-5-7-15-8-6-9)17-18-14(22)13(21)16-10-3-1-2-4-11(10)19(23)24/h1-8H,(H,16,21)(H,17,20)(H,18,22). The number of rotatable bonds is 3. The molecule has 0 spiro atoms. The summed E-state index contributed by atoms with van der Waals surface area (Å²) in [6.45, 7) is 0. The SMILES string of the molecule is O=C(NNC(=O)c1ccncc1)C(=O)Nc1ccccc1[N+](=O)[O-]. The zero-order valence-electron chi connectivity index (χ0n) is 12.1. The number of para-hydroxylation sites is 2. The molecule has 10 heteroatoms. The maximum atomic E-state index is 11.7. The first-order chi connectivity index (χ1) is 11.5. The van der Waals surface area contributed by atoms with Crippen molar-refractivity contribution in [3.63, 3.8) is 0 Å².